The molecule has 98 valence electrons. The largest absolute Gasteiger partial charge is 0.481 e. The molecule has 6 heteroatoms. The molecule has 0 aliphatic rings. The van der Waals surface area contributed by atoms with Crippen molar-refractivity contribution in [2.45, 2.75) is 23.8 Å². The van der Waals surface area contributed by atoms with Gasteiger partial charge in [-0.2, -0.15) is 0 Å². The Kier molecular flexibility index (Phi) is 5.18. The Morgan fingerprint density at radius 2 is 2.00 bits per heavy atom. The fourth-order valence-corrected chi connectivity index (χ4v) is 2.21. The monoisotopic (exact) mass is 270 g/mol. The van der Waals surface area contributed by atoms with Crippen LogP contribution in [0.15, 0.2) is 23.1 Å². The highest BCUT2D eigenvalue weighted by atomic mass is 32.2. The number of thioether (sulfide) groups is 1. The molecule has 1 unspecified atom stereocenters. The van der Waals surface area contributed by atoms with Gasteiger partial charge in [0, 0.05) is 16.9 Å². The molecule has 1 atom stereocenters. The van der Waals surface area contributed by atoms with E-state index in [0.29, 0.717) is 16.9 Å². The van der Waals surface area contributed by atoms with E-state index in [4.69, 9.17) is 10.2 Å². The second kappa shape index (κ2) is 6.42. The van der Waals surface area contributed by atoms with E-state index >= 15 is 0 Å². The lowest BCUT2D eigenvalue weighted by molar-refractivity contribution is -0.147. The molecule has 5 nitrogen and oxygen atoms in total. The minimum Gasteiger partial charge on any atom is -0.481 e. The number of benzene rings is 1. The molecule has 1 aromatic rings. The van der Waals surface area contributed by atoms with Crippen molar-refractivity contribution in [3.63, 3.8) is 0 Å². The summed E-state index contributed by atoms with van der Waals surface area (Å²) in [5.41, 5.74) is 1.14. The average molecular weight is 270 g/mol. The van der Waals surface area contributed by atoms with Crippen molar-refractivity contribution in [1.82, 2.24) is 0 Å². The second-order valence-corrected chi connectivity index (χ2v) is 4.56. The fourth-order valence-electron chi connectivity index (χ4n) is 1.52. The first-order valence-electron chi connectivity index (χ1n) is 5.25. The third-order valence-corrected chi connectivity index (χ3v) is 3.25. The Bertz CT molecular complexity index is 458. The van der Waals surface area contributed by atoms with Crippen LogP contribution in [0.3, 0.4) is 0 Å². The van der Waals surface area contributed by atoms with Crippen LogP contribution in [0.5, 0.6) is 0 Å². The first kappa shape index (κ1) is 14.5. The molecule has 1 aromatic carbocycles. The van der Waals surface area contributed by atoms with Crippen LogP contribution < -0.4 is 0 Å². The third-order valence-electron chi connectivity index (χ3n) is 2.45. The van der Waals surface area contributed by atoms with E-state index in [1.54, 1.807) is 18.4 Å². The van der Waals surface area contributed by atoms with Gasteiger partial charge in [0.1, 0.15) is 0 Å². The van der Waals surface area contributed by atoms with Crippen LogP contribution in [-0.2, 0) is 16.0 Å². The van der Waals surface area contributed by atoms with Crippen LogP contribution >= 0.6 is 11.8 Å². The number of aliphatic hydroxyl groups is 1. The Hall–Kier alpha value is -1.53. The molecular weight excluding hydrogens is 256 g/mol. The van der Waals surface area contributed by atoms with E-state index in [-0.39, 0.29) is 6.42 Å². The Balaban J connectivity index is 2.96. The van der Waals surface area contributed by atoms with Crippen molar-refractivity contribution in [2.24, 2.45) is 0 Å². The van der Waals surface area contributed by atoms with Crippen molar-refractivity contribution < 1.29 is 24.9 Å². The molecule has 0 saturated heterocycles. The van der Waals surface area contributed by atoms with Crippen LogP contribution in [0.2, 0.25) is 0 Å². The predicted molar refractivity (Wildman–Crippen MR) is 66.8 cm³/mol. The minimum absolute atomic E-state index is 0.0225. The lowest BCUT2D eigenvalue weighted by Crippen LogP contribution is -2.11. The molecule has 3 N–H and O–H groups in total. The third kappa shape index (κ3) is 3.75. The lowest BCUT2D eigenvalue weighted by Gasteiger charge is -2.12. The molecule has 0 aliphatic heterocycles. The molecular formula is C12H14O5S. The highest BCUT2D eigenvalue weighted by Gasteiger charge is 2.19. The minimum atomic E-state index is -1.55. The standard InChI is InChI=1S/C12H14O5S/c1-18-9-6-7(3-5-10(13)14)2-4-8(9)11(15)12(16)17/h2,4,6,11,15H,3,5H2,1H3,(H,13,14)(H,16,17). The summed E-state index contributed by atoms with van der Waals surface area (Å²) in [6.07, 6.45) is 0.621. The van der Waals surface area contributed by atoms with Gasteiger partial charge >= 0.3 is 11.9 Å². The number of hydrogen-bond donors (Lipinski definition) is 3. The van der Waals surface area contributed by atoms with Gasteiger partial charge in [-0.25, -0.2) is 4.79 Å². The number of rotatable bonds is 6. The number of hydrogen-bond acceptors (Lipinski definition) is 4. The van der Waals surface area contributed by atoms with Crippen LogP contribution in [0, 0.1) is 0 Å². The normalized spacial score (nSPS) is 12.1. The van der Waals surface area contributed by atoms with E-state index in [1.165, 1.54) is 17.8 Å². The van der Waals surface area contributed by atoms with Crippen molar-refractivity contribution in [3.05, 3.63) is 29.3 Å². The van der Waals surface area contributed by atoms with E-state index in [1.807, 2.05) is 0 Å². The van der Waals surface area contributed by atoms with Crippen molar-refractivity contribution in [3.8, 4) is 0 Å². The Morgan fingerprint density at radius 3 is 2.50 bits per heavy atom. The summed E-state index contributed by atoms with van der Waals surface area (Å²) in [7, 11) is 0. The SMILES string of the molecule is CSc1cc(CCC(=O)O)ccc1C(O)C(=O)O. The van der Waals surface area contributed by atoms with Gasteiger partial charge in [-0.05, 0) is 24.3 Å². The first-order chi connectivity index (χ1) is 8.45. The molecule has 0 saturated carbocycles. The van der Waals surface area contributed by atoms with Crippen molar-refractivity contribution in [1.29, 1.82) is 0 Å². The van der Waals surface area contributed by atoms with E-state index in [9.17, 15) is 14.7 Å². The van der Waals surface area contributed by atoms with Gasteiger partial charge in [-0.1, -0.05) is 12.1 Å². The summed E-state index contributed by atoms with van der Waals surface area (Å²) in [5.74, 6) is -2.18. The molecule has 0 fully saturated rings. The molecule has 0 amide bonds. The molecule has 0 bridgehead atoms. The van der Waals surface area contributed by atoms with E-state index < -0.39 is 18.0 Å². The van der Waals surface area contributed by atoms with Gasteiger partial charge in [-0.3, -0.25) is 4.79 Å². The van der Waals surface area contributed by atoms with Gasteiger partial charge in [0.15, 0.2) is 6.10 Å². The molecule has 0 radical (unpaired) electrons. The topological polar surface area (TPSA) is 94.8 Å². The van der Waals surface area contributed by atoms with Gasteiger partial charge in [-0.15, -0.1) is 11.8 Å². The zero-order chi connectivity index (χ0) is 13.7. The summed E-state index contributed by atoms with van der Waals surface area (Å²) in [5, 5.41) is 26.9. The summed E-state index contributed by atoms with van der Waals surface area (Å²) >= 11 is 1.32. The molecule has 0 heterocycles. The maximum absolute atomic E-state index is 10.7. The highest BCUT2D eigenvalue weighted by molar-refractivity contribution is 7.98. The number of aliphatic hydroxyl groups excluding tert-OH is 1. The zero-order valence-corrected chi connectivity index (χ0v) is 10.6. The maximum atomic E-state index is 10.7. The van der Waals surface area contributed by atoms with Crippen molar-refractivity contribution in [2.75, 3.05) is 6.26 Å². The van der Waals surface area contributed by atoms with E-state index in [2.05, 4.69) is 0 Å². The Morgan fingerprint density at radius 1 is 1.33 bits per heavy atom. The van der Waals surface area contributed by atoms with Gasteiger partial charge in [0.2, 0.25) is 0 Å². The number of carbonyl (C=O) groups is 2. The predicted octanol–water partition coefficient (Wildman–Crippen LogP) is 1.54. The van der Waals surface area contributed by atoms with Crippen LogP contribution in [0.25, 0.3) is 0 Å². The molecule has 0 aromatic heterocycles. The maximum Gasteiger partial charge on any atom is 0.337 e. The molecule has 1 rings (SSSR count). The number of aliphatic carboxylic acids is 2. The van der Waals surface area contributed by atoms with Gasteiger partial charge < -0.3 is 15.3 Å². The summed E-state index contributed by atoms with van der Waals surface area (Å²) < 4.78 is 0. The number of carboxylic acid groups (broad SMARTS) is 2. The number of aryl methyl sites for hydroxylation is 1. The molecule has 0 aliphatic carbocycles. The fraction of sp³-hybridized carbons (Fsp3) is 0.333. The quantitative estimate of drug-likeness (QED) is 0.679. The summed E-state index contributed by atoms with van der Waals surface area (Å²) in [4.78, 5) is 21.8. The van der Waals surface area contributed by atoms with Crippen LogP contribution in [0.1, 0.15) is 23.7 Å². The van der Waals surface area contributed by atoms with Crippen molar-refractivity contribution >= 4 is 23.7 Å². The number of carboxylic acids is 2. The Labute approximate surface area is 108 Å². The van der Waals surface area contributed by atoms with E-state index in [0.717, 1.165) is 5.56 Å². The first-order valence-corrected chi connectivity index (χ1v) is 6.47. The molecule has 0 spiro atoms. The summed E-state index contributed by atoms with van der Waals surface area (Å²) in [6, 6.07) is 4.89. The van der Waals surface area contributed by atoms with Crippen LogP contribution in [0.4, 0.5) is 0 Å². The summed E-state index contributed by atoms with van der Waals surface area (Å²) in [6.45, 7) is 0. The van der Waals surface area contributed by atoms with Gasteiger partial charge in [0.25, 0.3) is 0 Å². The highest BCUT2D eigenvalue weighted by Crippen LogP contribution is 2.27. The second-order valence-electron chi connectivity index (χ2n) is 3.71. The lowest BCUT2D eigenvalue weighted by atomic mass is 10.0. The van der Waals surface area contributed by atoms with Crippen LogP contribution in [-0.4, -0.2) is 33.5 Å². The zero-order valence-electron chi connectivity index (χ0n) is 9.79. The average Bonchev–Trinajstić information content (AvgIpc) is 2.34. The smallest absolute Gasteiger partial charge is 0.337 e. The molecule has 18 heavy (non-hydrogen) atoms. The van der Waals surface area contributed by atoms with Gasteiger partial charge in [0.05, 0.1) is 0 Å².